The molecule has 0 spiro atoms. The molecule has 0 saturated heterocycles. The molecule has 3 aromatic rings. The lowest BCUT2D eigenvalue weighted by molar-refractivity contribution is 0.417. The van der Waals surface area contributed by atoms with Crippen LogP contribution in [0.15, 0.2) is 41.8 Å². The third-order valence-electron chi connectivity index (χ3n) is 3.31. The predicted octanol–water partition coefficient (Wildman–Crippen LogP) is 3.99. The maximum absolute atomic E-state index is 5.90. The molecular formula is C16H16N2OS. The van der Waals surface area contributed by atoms with Gasteiger partial charge in [-0.1, -0.05) is 30.3 Å². The molecule has 3 rings (SSSR count). The normalized spacial score (nSPS) is 12.6. The second-order valence-electron chi connectivity index (χ2n) is 4.73. The van der Waals surface area contributed by atoms with Crippen molar-refractivity contribution in [1.29, 1.82) is 0 Å². The van der Waals surface area contributed by atoms with E-state index in [4.69, 9.17) is 10.5 Å². The summed E-state index contributed by atoms with van der Waals surface area (Å²) in [6.07, 6.45) is 0. The number of nitrogens with zero attached hydrogens (tertiary/aromatic N) is 1. The van der Waals surface area contributed by atoms with Crippen LogP contribution in [0.2, 0.25) is 0 Å². The summed E-state index contributed by atoms with van der Waals surface area (Å²) in [6.45, 7) is 1.94. The Morgan fingerprint density at radius 3 is 2.70 bits per heavy atom. The van der Waals surface area contributed by atoms with Gasteiger partial charge in [0.05, 0.1) is 18.4 Å². The van der Waals surface area contributed by atoms with Gasteiger partial charge in [0.15, 0.2) is 0 Å². The molecule has 1 aromatic heterocycles. The van der Waals surface area contributed by atoms with Crippen molar-refractivity contribution in [3.8, 4) is 16.3 Å². The van der Waals surface area contributed by atoms with Gasteiger partial charge in [0.25, 0.3) is 0 Å². The molecule has 1 atom stereocenters. The first-order valence-corrected chi connectivity index (χ1v) is 7.36. The van der Waals surface area contributed by atoms with Crippen LogP contribution in [0.5, 0.6) is 5.75 Å². The van der Waals surface area contributed by atoms with Crippen molar-refractivity contribution in [2.75, 3.05) is 7.11 Å². The Labute approximate surface area is 122 Å². The summed E-state index contributed by atoms with van der Waals surface area (Å²) in [5, 5.41) is 5.30. The lowest BCUT2D eigenvalue weighted by Gasteiger charge is -2.10. The molecule has 0 aliphatic rings. The van der Waals surface area contributed by atoms with Gasteiger partial charge in [0.1, 0.15) is 10.8 Å². The average Bonchev–Trinajstić information content (AvgIpc) is 2.95. The van der Waals surface area contributed by atoms with E-state index < -0.39 is 0 Å². The molecule has 4 heteroatoms. The minimum absolute atomic E-state index is 0.0547. The van der Waals surface area contributed by atoms with E-state index in [1.54, 1.807) is 18.4 Å². The third-order valence-corrected chi connectivity index (χ3v) is 4.19. The lowest BCUT2D eigenvalue weighted by atomic mass is 10.0. The summed E-state index contributed by atoms with van der Waals surface area (Å²) in [7, 11) is 1.69. The summed E-state index contributed by atoms with van der Waals surface area (Å²) in [4.78, 5) is 4.65. The molecule has 0 saturated carbocycles. The monoisotopic (exact) mass is 284 g/mol. The van der Waals surface area contributed by atoms with Crippen molar-refractivity contribution in [3.05, 3.63) is 47.5 Å². The van der Waals surface area contributed by atoms with E-state index in [0.717, 1.165) is 27.4 Å². The minimum Gasteiger partial charge on any atom is -0.496 e. The van der Waals surface area contributed by atoms with Crippen molar-refractivity contribution < 1.29 is 4.74 Å². The van der Waals surface area contributed by atoms with E-state index in [2.05, 4.69) is 23.2 Å². The molecule has 0 amide bonds. The number of ether oxygens (including phenoxy) is 1. The molecule has 0 radical (unpaired) electrons. The number of hydrogen-bond donors (Lipinski definition) is 1. The topological polar surface area (TPSA) is 48.1 Å². The van der Waals surface area contributed by atoms with Gasteiger partial charge in [-0.2, -0.15) is 0 Å². The van der Waals surface area contributed by atoms with Crippen LogP contribution in [0.4, 0.5) is 0 Å². The quantitative estimate of drug-likeness (QED) is 0.791. The Bertz CT molecular complexity index is 749. The highest BCUT2D eigenvalue weighted by Gasteiger charge is 2.15. The Hall–Kier alpha value is -1.91. The van der Waals surface area contributed by atoms with Crippen LogP contribution in [0.1, 0.15) is 18.7 Å². The number of aromatic nitrogens is 1. The van der Waals surface area contributed by atoms with Gasteiger partial charge in [0, 0.05) is 11.4 Å². The first kappa shape index (κ1) is 13.1. The van der Waals surface area contributed by atoms with E-state index in [9.17, 15) is 0 Å². The largest absolute Gasteiger partial charge is 0.496 e. The van der Waals surface area contributed by atoms with Crippen molar-refractivity contribution in [2.24, 2.45) is 5.73 Å². The van der Waals surface area contributed by atoms with Gasteiger partial charge < -0.3 is 10.5 Å². The number of benzene rings is 2. The third kappa shape index (κ3) is 2.17. The van der Waals surface area contributed by atoms with Gasteiger partial charge in [-0.25, -0.2) is 4.98 Å². The van der Waals surface area contributed by atoms with Gasteiger partial charge in [-0.15, -0.1) is 11.3 Å². The Kier molecular flexibility index (Phi) is 3.42. The Morgan fingerprint density at radius 2 is 2.00 bits per heavy atom. The van der Waals surface area contributed by atoms with Crippen molar-refractivity contribution in [1.82, 2.24) is 4.98 Å². The maximum Gasteiger partial charge on any atom is 0.129 e. The summed E-state index contributed by atoms with van der Waals surface area (Å²) in [5.41, 5.74) is 7.86. The van der Waals surface area contributed by atoms with Crippen LogP contribution < -0.4 is 10.5 Å². The highest BCUT2D eigenvalue weighted by atomic mass is 32.1. The SMILES string of the molecule is COc1ccc2ccccc2c1-c1nc(C(C)N)cs1. The average molecular weight is 284 g/mol. The maximum atomic E-state index is 5.90. The van der Waals surface area contributed by atoms with Crippen LogP contribution in [-0.4, -0.2) is 12.1 Å². The fourth-order valence-electron chi connectivity index (χ4n) is 2.25. The van der Waals surface area contributed by atoms with Crippen molar-refractivity contribution in [3.63, 3.8) is 0 Å². The highest BCUT2D eigenvalue weighted by Crippen LogP contribution is 2.38. The number of rotatable bonds is 3. The van der Waals surface area contributed by atoms with Crippen LogP contribution in [0.3, 0.4) is 0 Å². The van der Waals surface area contributed by atoms with Crippen LogP contribution in [0.25, 0.3) is 21.3 Å². The molecule has 0 bridgehead atoms. The molecule has 102 valence electrons. The van der Waals surface area contributed by atoms with Crippen molar-refractivity contribution in [2.45, 2.75) is 13.0 Å². The lowest BCUT2D eigenvalue weighted by Crippen LogP contribution is -2.04. The first-order chi connectivity index (χ1) is 9.70. The smallest absolute Gasteiger partial charge is 0.129 e. The van der Waals surface area contributed by atoms with Crippen LogP contribution in [-0.2, 0) is 0 Å². The zero-order valence-corrected chi connectivity index (χ0v) is 12.3. The summed E-state index contributed by atoms with van der Waals surface area (Å²) < 4.78 is 5.51. The molecule has 0 aliphatic carbocycles. The number of methoxy groups -OCH3 is 1. The zero-order chi connectivity index (χ0) is 14.1. The zero-order valence-electron chi connectivity index (χ0n) is 11.5. The molecule has 3 nitrogen and oxygen atoms in total. The van der Waals surface area contributed by atoms with Crippen LogP contribution >= 0.6 is 11.3 Å². The van der Waals surface area contributed by atoms with E-state index in [1.165, 1.54) is 5.39 Å². The van der Waals surface area contributed by atoms with Gasteiger partial charge in [-0.3, -0.25) is 0 Å². The van der Waals surface area contributed by atoms with E-state index >= 15 is 0 Å². The molecule has 20 heavy (non-hydrogen) atoms. The standard InChI is InChI=1S/C16H16N2OS/c1-10(17)13-9-20-16(18-13)15-12-6-4-3-5-11(12)7-8-14(15)19-2/h3-10H,17H2,1-2H3. The molecule has 0 aliphatic heterocycles. The summed E-state index contributed by atoms with van der Waals surface area (Å²) in [6, 6.07) is 12.3. The summed E-state index contributed by atoms with van der Waals surface area (Å²) >= 11 is 1.60. The fraction of sp³-hybridized carbons (Fsp3) is 0.188. The number of nitrogens with two attached hydrogens (primary N) is 1. The highest BCUT2D eigenvalue weighted by molar-refractivity contribution is 7.13. The Morgan fingerprint density at radius 1 is 1.20 bits per heavy atom. The molecule has 2 N–H and O–H groups in total. The van der Waals surface area contributed by atoms with Crippen molar-refractivity contribution >= 4 is 22.1 Å². The van der Waals surface area contributed by atoms with Gasteiger partial charge in [-0.05, 0) is 23.8 Å². The molecule has 0 fully saturated rings. The number of thiazole rings is 1. The predicted molar refractivity (Wildman–Crippen MR) is 84.2 cm³/mol. The molecule has 2 aromatic carbocycles. The molecule has 1 unspecified atom stereocenters. The second-order valence-corrected chi connectivity index (χ2v) is 5.59. The van der Waals surface area contributed by atoms with E-state index in [-0.39, 0.29) is 6.04 Å². The number of fused-ring (bicyclic) bond motifs is 1. The first-order valence-electron chi connectivity index (χ1n) is 6.48. The Balaban J connectivity index is 2.26. The van der Waals surface area contributed by atoms with Crippen LogP contribution in [0, 0.1) is 0 Å². The fourth-order valence-corrected chi connectivity index (χ4v) is 3.24. The van der Waals surface area contributed by atoms with Gasteiger partial charge >= 0.3 is 0 Å². The minimum atomic E-state index is -0.0547. The molecular weight excluding hydrogens is 268 g/mol. The van der Waals surface area contributed by atoms with Gasteiger partial charge in [0.2, 0.25) is 0 Å². The van der Waals surface area contributed by atoms with E-state index in [1.807, 2.05) is 30.5 Å². The second kappa shape index (κ2) is 5.23. The van der Waals surface area contributed by atoms with E-state index in [0.29, 0.717) is 0 Å². The summed E-state index contributed by atoms with van der Waals surface area (Å²) in [5.74, 6) is 0.842. The number of hydrogen-bond acceptors (Lipinski definition) is 4. The molecule has 1 heterocycles.